The zero-order chi connectivity index (χ0) is 22.4. The van der Waals surface area contributed by atoms with E-state index < -0.39 is 0 Å². The van der Waals surface area contributed by atoms with Crippen molar-refractivity contribution in [3.8, 4) is 11.5 Å². The first-order valence-corrected chi connectivity index (χ1v) is 10.8. The predicted octanol–water partition coefficient (Wildman–Crippen LogP) is 1.92. The number of likely N-dealkylation sites (N-methyl/N-ethyl adjacent to an activating group) is 1. The number of amides is 1. The number of anilines is 1. The minimum Gasteiger partial charge on any atom is -0.493 e. The average molecular weight is 446 g/mol. The highest BCUT2D eigenvalue weighted by Crippen LogP contribution is 2.27. The van der Waals surface area contributed by atoms with Gasteiger partial charge in [-0.25, -0.2) is 4.98 Å². The number of benzene rings is 1. The first-order valence-electron chi connectivity index (χ1n) is 10.0. The number of hydrogen-bond donors (Lipinski definition) is 1. The van der Waals surface area contributed by atoms with Crippen LogP contribution in [0.2, 0.25) is 0 Å². The number of carbonyl (C=O) groups is 1. The van der Waals surface area contributed by atoms with Crippen LogP contribution in [0.5, 0.6) is 11.5 Å². The summed E-state index contributed by atoms with van der Waals surface area (Å²) in [6, 6.07) is 7.20. The summed E-state index contributed by atoms with van der Waals surface area (Å²) in [5, 5.41) is 7.78. The van der Waals surface area contributed by atoms with Gasteiger partial charge in [0.05, 0.1) is 20.8 Å². The molecule has 0 saturated carbocycles. The topological polar surface area (TPSA) is 98.1 Å². The van der Waals surface area contributed by atoms with Crippen LogP contribution in [0.15, 0.2) is 29.1 Å². The first-order chi connectivity index (χ1) is 14.9. The van der Waals surface area contributed by atoms with Crippen molar-refractivity contribution in [3.05, 3.63) is 45.9 Å². The number of aromatic nitrogens is 3. The summed E-state index contributed by atoms with van der Waals surface area (Å²) < 4.78 is 11.8. The molecular formula is C21H27N5O4S. The maximum absolute atomic E-state index is 12.4. The molecule has 0 radical (unpaired) electrons. The number of aryl methyl sites for hydroxylation is 1. The van der Waals surface area contributed by atoms with Crippen LogP contribution in [0.4, 0.5) is 5.13 Å². The Morgan fingerprint density at radius 2 is 1.97 bits per heavy atom. The van der Waals surface area contributed by atoms with Crippen LogP contribution in [0.1, 0.15) is 24.6 Å². The van der Waals surface area contributed by atoms with E-state index in [-0.39, 0.29) is 18.0 Å². The molecule has 0 aliphatic heterocycles. The Bertz CT molecular complexity index is 1110. The van der Waals surface area contributed by atoms with Crippen molar-refractivity contribution in [2.45, 2.75) is 26.2 Å². The molecule has 3 rings (SSSR count). The number of nitrogens with zero attached hydrogens (tertiary/aromatic N) is 4. The van der Waals surface area contributed by atoms with Gasteiger partial charge in [-0.15, -0.1) is 5.10 Å². The Hall–Kier alpha value is -3.14. The van der Waals surface area contributed by atoms with Crippen molar-refractivity contribution >= 4 is 27.3 Å². The van der Waals surface area contributed by atoms with E-state index >= 15 is 0 Å². The smallest absolute Gasteiger partial charge is 0.275 e. The minimum atomic E-state index is -0.205. The van der Waals surface area contributed by atoms with Gasteiger partial charge in [-0.05, 0) is 30.5 Å². The molecule has 166 valence electrons. The van der Waals surface area contributed by atoms with E-state index in [0.29, 0.717) is 34.6 Å². The van der Waals surface area contributed by atoms with Gasteiger partial charge < -0.3 is 19.7 Å². The van der Waals surface area contributed by atoms with Gasteiger partial charge in [-0.1, -0.05) is 30.7 Å². The highest BCUT2D eigenvalue weighted by Gasteiger charge is 2.14. The molecule has 0 unspecified atom stereocenters. The van der Waals surface area contributed by atoms with Gasteiger partial charge in [0.1, 0.15) is 0 Å². The monoisotopic (exact) mass is 445 g/mol. The zero-order valence-corrected chi connectivity index (χ0v) is 19.0. The summed E-state index contributed by atoms with van der Waals surface area (Å²) >= 11 is 1.29. The maximum atomic E-state index is 12.4. The number of hydrogen-bond acceptors (Lipinski definition) is 8. The third-order valence-electron chi connectivity index (χ3n) is 4.68. The van der Waals surface area contributed by atoms with Crippen molar-refractivity contribution < 1.29 is 14.3 Å². The molecule has 0 aliphatic rings. The summed E-state index contributed by atoms with van der Waals surface area (Å²) in [4.78, 5) is 31.3. The van der Waals surface area contributed by atoms with Gasteiger partial charge >= 0.3 is 0 Å². The third-order valence-corrected chi connectivity index (χ3v) is 5.71. The van der Waals surface area contributed by atoms with E-state index in [1.54, 1.807) is 26.2 Å². The lowest BCUT2D eigenvalue weighted by Gasteiger charge is -2.15. The van der Waals surface area contributed by atoms with Crippen LogP contribution in [-0.4, -0.2) is 54.9 Å². The van der Waals surface area contributed by atoms with Crippen molar-refractivity contribution in [3.63, 3.8) is 0 Å². The molecule has 1 aromatic carbocycles. The standard InChI is InChI=1S/C21H27N5O4S/c1-5-6-15-12-19(28)26-20(23-15)31-21(24-26)25(2)13-18(27)22-10-9-14-7-8-16(29-3)17(11-14)30-4/h7-8,11-12H,5-6,9-10,13H2,1-4H3,(H,22,27). The molecule has 2 aromatic heterocycles. The minimum absolute atomic E-state index is 0.127. The molecular weight excluding hydrogens is 418 g/mol. The van der Waals surface area contributed by atoms with Crippen molar-refractivity contribution in [2.75, 3.05) is 39.3 Å². The second-order valence-corrected chi connectivity index (χ2v) is 7.99. The molecule has 0 fully saturated rings. The molecule has 1 amide bonds. The van der Waals surface area contributed by atoms with Crippen molar-refractivity contribution in [1.82, 2.24) is 19.9 Å². The van der Waals surface area contributed by atoms with E-state index in [1.165, 1.54) is 21.9 Å². The van der Waals surface area contributed by atoms with Crippen molar-refractivity contribution in [2.24, 2.45) is 0 Å². The second kappa shape index (κ2) is 10.3. The molecule has 0 atom stereocenters. The van der Waals surface area contributed by atoms with Crippen LogP contribution in [0.25, 0.3) is 4.96 Å². The Kier molecular flexibility index (Phi) is 7.45. The Labute approximate surface area is 184 Å². The van der Waals surface area contributed by atoms with Gasteiger partial charge in [0.25, 0.3) is 5.56 Å². The number of rotatable bonds is 10. The number of carbonyl (C=O) groups excluding carboxylic acids is 1. The van der Waals surface area contributed by atoms with Crippen molar-refractivity contribution in [1.29, 1.82) is 0 Å². The molecule has 3 aromatic rings. The number of methoxy groups -OCH3 is 2. The van der Waals surface area contributed by atoms with Gasteiger partial charge in [0, 0.05) is 25.4 Å². The Morgan fingerprint density at radius 1 is 1.19 bits per heavy atom. The highest BCUT2D eigenvalue weighted by atomic mass is 32.1. The molecule has 2 heterocycles. The fourth-order valence-electron chi connectivity index (χ4n) is 3.11. The van der Waals surface area contributed by atoms with Gasteiger partial charge in [-0.2, -0.15) is 4.52 Å². The maximum Gasteiger partial charge on any atom is 0.275 e. The Balaban J connectivity index is 1.57. The fraction of sp³-hybridized carbons (Fsp3) is 0.429. The number of fused-ring (bicyclic) bond motifs is 1. The van der Waals surface area contributed by atoms with E-state index in [0.717, 1.165) is 24.1 Å². The summed E-state index contributed by atoms with van der Waals surface area (Å²) in [5.41, 5.74) is 1.59. The SMILES string of the molecule is CCCc1cc(=O)n2nc(N(C)CC(=O)NCCc3ccc(OC)c(OC)c3)sc2n1. The lowest BCUT2D eigenvalue weighted by atomic mass is 10.1. The summed E-state index contributed by atoms with van der Waals surface area (Å²) in [5.74, 6) is 1.20. The summed E-state index contributed by atoms with van der Waals surface area (Å²) in [7, 11) is 4.95. The molecule has 0 bridgehead atoms. The largest absolute Gasteiger partial charge is 0.493 e. The summed E-state index contributed by atoms with van der Waals surface area (Å²) in [6.07, 6.45) is 2.32. The molecule has 0 spiro atoms. The number of nitrogens with one attached hydrogen (secondary N) is 1. The number of ether oxygens (including phenoxy) is 2. The quantitative estimate of drug-likeness (QED) is 0.509. The highest BCUT2D eigenvalue weighted by molar-refractivity contribution is 7.20. The third kappa shape index (κ3) is 5.52. The average Bonchev–Trinajstić information content (AvgIpc) is 3.19. The zero-order valence-electron chi connectivity index (χ0n) is 18.2. The van der Waals surface area contributed by atoms with Crippen LogP contribution in [-0.2, 0) is 17.6 Å². The predicted molar refractivity (Wildman–Crippen MR) is 121 cm³/mol. The molecule has 0 saturated heterocycles. The normalized spacial score (nSPS) is 10.8. The van der Waals surface area contributed by atoms with E-state index in [9.17, 15) is 9.59 Å². The first kappa shape index (κ1) is 22.5. The van der Waals surface area contributed by atoms with E-state index in [1.807, 2.05) is 25.1 Å². The Morgan fingerprint density at radius 3 is 2.68 bits per heavy atom. The van der Waals surface area contributed by atoms with Gasteiger partial charge in [0.2, 0.25) is 16.0 Å². The fourth-order valence-corrected chi connectivity index (χ4v) is 3.99. The van der Waals surface area contributed by atoms with E-state index in [2.05, 4.69) is 15.4 Å². The van der Waals surface area contributed by atoms with Crippen LogP contribution in [0, 0.1) is 0 Å². The summed E-state index contributed by atoms with van der Waals surface area (Å²) in [6.45, 7) is 2.66. The van der Waals surface area contributed by atoms with Gasteiger partial charge in [0.15, 0.2) is 11.5 Å². The van der Waals surface area contributed by atoms with Gasteiger partial charge in [-0.3, -0.25) is 9.59 Å². The van der Waals surface area contributed by atoms with Crippen LogP contribution < -0.4 is 25.2 Å². The molecule has 1 N–H and O–H groups in total. The van der Waals surface area contributed by atoms with E-state index in [4.69, 9.17) is 9.47 Å². The molecule has 31 heavy (non-hydrogen) atoms. The van der Waals surface area contributed by atoms with Crippen LogP contribution in [0.3, 0.4) is 0 Å². The molecule has 10 heteroatoms. The lowest BCUT2D eigenvalue weighted by Crippen LogP contribution is -2.36. The lowest BCUT2D eigenvalue weighted by molar-refractivity contribution is -0.119. The second-order valence-electron chi connectivity index (χ2n) is 7.06. The molecule has 0 aliphatic carbocycles. The van der Waals surface area contributed by atoms with Crippen LogP contribution >= 0.6 is 11.3 Å². The molecule has 9 nitrogen and oxygen atoms in total.